The summed E-state index contributed by atoms with van der Waals surface area (Å²) < 4.78 is 28.0. The number of aromatic nitrogens is 1. The topological polar surface area (TPSA) is 91.3 Å². The molecule has 3 N–H and O–H groups in total. The Bertz CT molecular complexity index is 1040. The summed E-state index contributed by atoms with van der Waals surface area (Å²) in [6.07, 6.45) is 3.33. The Kier molecular flexibility index (Phi) is 7.73. The molecule has 0 fully saturated rings. The van der Waals surface area contributed by atoms with Crippen molar-refractivity contribution in [2.75, 3.05) is 13.1 Å². The molecule has 8 heteroatoms. The molecule has 1 unspecified atom stereocenters. The van der Waals surface area contributed by atoms with Crippen LogP contribution in [-0.4, -0.2) is 37.6 Å². The zero-order valence-electron chi connectivity index (χ0n) is 16.4. The lowest BCUT2D eigenvalue weighted by Crippen LogP contribution is -2.44. The molecule has 1 heterocycles. The van der Waals surface area contributed by atoms with E-state index in [1.165, 1.54) is 0 Å². The van der Waals surface area contributed by atoms with Gasteiger partial charge in [0.1, 0.15) is 0 Å². The van der Waals surface area contributed by atoms with Crippen LogP contribution in [0.1, 0.15) is 19.4 Å². The number of rotatable bonds is 8. The third-order valence-corrected chi connectivity index (χ3v) is 6.18. The first kappa shape index (κ1) is 23.3. The average Bonchev–Trinajstić information content (AvgIpc) is 2.67. The molecular formula is C21H26ClN3O3S. The Morgan fingerprint density at radius 2 is 1.83 bits per heavy atom. The summed E-state index contributed by atoms with van der Waals surface area (Å²) in [4.78, 5) is 4.25. The molecule has 1 aromatic heterocycles. The van der Waals surface area contributed by atoms with Crippen molar-refractivity contribution in [2.45, 2.75) is 30.4 Å². The van der Waals surface area contributed by atoms with E-state index in [0.717, 1.165) is 16.3 Å². The maximum atomic E-state index is 12.7. The molecule has 0 aliphatic rings. The van der Waals surface area contributed by atoms with Crippen molar-refractivity contribution in [3.63, 3.8) is 0 Å². The van der Waals surface area contributed by atoms with Gasteiger partial charge in [0.2, 0.25) is 10.0 Å². The summed E-state index contributed by atoms with van der Waals surface area (Å²) in [6.45, 7) is 4.21. The molecule has 0 aliphatic heterocycles. The SMILES string of the molecule is C[C@H](CNCC(C)(O)c1ccccc1)NS(=O)(=O)c1ccc2cnccc2c1.Cl. The number of pyridine rings is 1. The van der Waals surface area contributed by atoms with Gasteiger partial charge in [-0.05, 0) is 43.0 Å². The van der Waals surface area contributed by atoms with Gasteiger partial charge in [0.25, 0.3) is 0 Å². The fourth-order valence-corrected chi connectivity index (χ4v) is 4.31. The van der Waals surface area contributed by atoms with E-state index in [0.29, 0.717) is 13.1 Å². The van der Waals surface area contributed by atoms with Crippen molar-refractivity contribution in [1.82, 2.24) is 15.0 Å². The predicted molar refractivity (Wildman–Crippen MR) is 118 cm³/mol. The van der Waals surface area contributed by atoms with E-state index in [-0.39, 0.29) is 23.3 Å². The van der Waals surface area contributed by atoms with E-state index >= 15 is 0 Å². The molecule has 0 spiro atoms. The van der Waals surface area contributed by atoms with Crippen LogP contribution in [0.15, 0.2) is 71.9 Å². The van der Waals surface area contributed by atoms with Crippen LogP contribution in [0.2, 0.25) is 0 Å². The smallest absolute Gasteiger partial charge is 0.240 e. The number of fused-ring (bicyclic) bond motifs is 1. The zero-order valence-corrected chi connectivity index (χ0v) is 18.0. The van der Waals surface area contributed by atoms with Gasteiger partial charge < -0.3 is 10.4 Å². The Morgan fingerprint density at radius 3 is 2.55 bits per heavy atom. The van der Waals surface area contributed by atoms with Crippen molar-refractivity contribution in [2.24, 2.45) is 0 Å². The van der Waals surface area contributed by atoms with Crippen LogP contribution in [0.3, 0.4) is 0 Å². The van der Waals surface area contributed by atoms with Crippen LogP contribution in [0.25, 0.3) is 10.8 Å². The molecule has 2 aromatic carbocycles. The Hall–Kier alpha value is -2.03. The molecule has 0 bridgehead atoms. The quantitative estimate of drug-likeness (QED) is 0.506. The third kappa shape index (κ3) is 5.98. The predicted octanol–water partition coefficient (Wildman–Crippen LogP) is 2.82. The van der Waals surface area contributed by atoms with Crippen molar-refractivity contribution in [1.29, 1.82) is 0 Å². The van der Waals surface area contributed by atoms with E-state index < -0.39 is 15.6 Å². The number of benzene rings is 2. The standard InChI is InChI=1S/C21H25N3O3S.ClH/c1-16(13-23-15-21(2,25)19-6-4-3-5-7-19)24-28(26,27)20-9-8-18-14-22-11-10-17(18)12-20;/h3-12,14,16,23-25H,13,15H2,1-2H3;1H/t16-,21?;/m1./s1. The lowest BCUT2D eigenvalue weighted by atomic mass is 9.96. The molecule has 0 saturated carbocycles. The van der Waals surface area contributed by atoms with Gasteiger partial charge in [-0.1, -0.05) is 36.4 Å². The molecule has 0 amide bonds. The summed E-state index contributed by atoms with van der Waals surface area (Å²) in [5.74, 6) is 0. The highest BCUT2D eigenvalue weighted by atomic mass is 35.5. The fourth-order valence-electron chi connectivity index (χ4n) is 3.03. The number of aliphatic hydroxyl groups is 1. The zero-order chi connectivity index (χ0) is 20.2. The lowest BCUT2D eigenvalue weighted by Gasteiger charge is -2.25. The molecule has 156 valence electrons. The summed E-state index contributed by atoms with van der Waals surface area (Å²) in [5.41, 5.74) is -0.229. The highest BCUT2D eigenvalue weighted by molar-refractivity contribution is 7.89. The van der Waals surface area contributed by atoms with Gasteiger partial charge in [0.15, 0.2) is 0 Å². The minimum absolute atomic E-state index is 0. The first-order valence-electron chi connectivity index (χ1n) is 9.13. The summed E-state index contributed by atoms with van der Waals surface area (Å²) >= 11 is 0. The second-order valence-corrected chi connectivity index (χ2v) is 8.89. The van der Waals surface area contributed by atoms with Crippen LogP contribution in [-0.2, 0) is 15.6 Å². The highest BCUT2D eigenvalue weighted by Gasteiger charge is 2.23. The first-order chi connectivity index (χ1) is 13.3. The molecule has 29 heavy (non-hydrogen) atoms. The van der Waals surface area contributed by atoms with E-state index in [2.05, 4.69) is 15.0 Å². The summed E-state index contributed by atoms with van der Waals surface area (Å²) in [6, 6.07) is 15.8. The first-order valence-corrected chi connectivity index (χ1v) is 10.6. The monoisotopic (exact) mass is 435 g/mol. The maximum absolute atomic E-state index is 12.7. The summed E-state index contributed by atoms with van der Waals surface area (Å²) in [7, 11) is -3.64. The van der Waals surface area contributed by atoms with E-state index in [9.17, 15) is 13.5 Å². The Balaban J connectivity index is 0.00000300. The van der Waals surface area contributed by atoms with E-state index in [4.69, 9.17) is 0 Å². The van der Waals surface area contributed by atoms with Crippen LogP contribution < -0.4 is 10.0 Å². The minimum Gasteiger partial charge on any atom is -0.384 e. The van der Waals surface area contributed by atoms with Crippen molar-refractivity contribution in [3.05, 3.63) is 72.6 Å². The van der Waals surface area contributed by atoms with Gasteiger partial charge in [-0.25, -0.2) is 13.1 Å². The molecule has 2 atom stereocenters. The normalized spacial score (nSPS) is 14.7. The van der Waals surface area contributed by atoms with Gasteiger partial charge >= 0.3 is 0 Å². The molecular weight excluding hydrogens is 410 g/mol. The third-order valence-electron chi connectivity index (χ3n) is 4.59. The van der Waals surface area contributed by atoms with Gasteiger partial charge in [-0.2, -0.15) is 0 Å². The molecule has 3 rings (SSSR count). The number of hydrogen-bond donors (Lipinski definition) is 3. The average molecular weight is 436 g/mol. The minimum atomic E-state index is -3.64. The van der Waals surface area contributed by atoms with Crippen LogP contribution in [0, 0.1) is 0 Å². The van der Waals surface area contributed by atoms with Crippen molar-refractivity contribution >= 4 is 33.2 Å². The molecule has 0 aliphatic carbocycles. The summed E-state index contributed by atoms with van der Waals surface area (Å²) in [5, 5.41) is 15.5. The maximum Gasteiger partial charge on any atom is 0.240 e. The van der Waals surface area contributed by atoms with E-state index in [1.807, 2.05) is 30.3 Å². The molecule has 0 radical (unpaired) electrons. The Labute approximate surface area is 177 Å². The van der Waals surface area contributed by atoms with Gasteiger partial charge in [0.05, 0.1) is 10.5 Å². The van der Waals surface area contributed by atoms with Gasteiger partial charge in [-0.3, -0.25) is 4.98 Å². The van der Waals surface area contributed by atoms with Crippen LogP contribution >= 0.6 is 12.4 Å². The second kappa shape index (κ2) is 9.65. The number of nitrogens with one attached hydrogen (secondary N) is 2. The fraction of sp³-hybridized carbons (Fsp3) is 0.286. The Morgan fingerprint density at radius 1 is 1.10 bits per heavy atom. The largest absolute Gasteiger partial charge is 0.384 e. The van der Waals surface area contributed by atoms with Crippen LogP contribution in [0.4, 0.5) is 0 Å². The molecule has 3 aromatic rings. The van der Waals surface area contributed by atoms with Crippen molar-refractivity contribution in [3.8, 4) is 0 Å². The molecule has 0 saturated heterocycles. The van der Waals surface area contributed by atoms with Crippen molar-refractivity contribution < 1.29 is 13.5 Å². The molecule has 6 nitrogen and oxygen atoms in total. The number of hydrogen-bond acceptors (Lipinski definition) is 5. The van der Waals surface area contributed by atoms with Gasteiger partial charge in [0, 0.05) is 36.9 Å². The van der Waals surface area contributed by atoms with E-state index in [1.54, 1.807) is 50.5 Å². The lowest BCUT2D eigenvalue weighted by molar-refractivity contribution is 0.0568. The van der Waals surface area contributed by atoms with Crippen LogP contribution in [0.5, 0.6) is 0 Å². The second-order valence-electron chi connectivity index (χ2n) is 7.18. The highest BCUT2D eigenvalue weighted by Crippen LogP contribution is 2.20. The number of nitrogens with zero attached hydrogens (tertiary/aromatic N) is 1. The number of sulfonamides is 1. The van der Waals surface area contributed by atoms with Gasteiger partial charge in [-0.15, -0.1) is 12.4 Å². The number of halogens is 1.